The Labute approximate surface area is 178 Å². The SMILES string of the molecule is Cc1ccc2nc(C(=O)Nc3ccsc3)nc(N[C@H]3CCCC[C@H]3N=C(N)N)c2c1. The van der Waals surface area contributed by atoms with Crippen LogP contribution in [-0.2, 0) is 0 Å². The van der Waals surface area contributed by atoms with Gasteiger partial charge in [-0.1, -0.05) is 24.5 Å². The van der Waals surface area contributed by atoms with Crippen LogP contribution in [0.2, 0.25) is 0 Å². The molecule has 9 heteroatoms. The van der Waals surface area contributed by atoms with Crippen molar-refractivity contribution in [1.82, 2.24) is 9.97 Å². The number of aromatic nitrogens is 2. The summed E-state index contributed by atoms with van der Waals surface area (Å²) in [6.45, 7) is 2.02. The Hall–Kier alpha value is -3.20. The zero-order chi connectivity index (χ0) is 21.1. The second-order valence-corrected chi connectivity index (χ2v) is 8.32. The first-order valence-electron chi connectivity index (χ1n) is 9.97. The molecule has 6 N–H and O–H groups in total. The maximum Gasteiger partial charge on any atom is 0.293 e. The first-order valence-corrected chi connectivity index (χ1v) is 10.9. The summed E-state index contributed by atoms with van der Waals surface area (Å²) in [4.78, 5) is 26.2. The number of hydrogen-bond acceptors (Lipinski definition) is 6. The second-order valence-electron chi connectivity index (χ2n) is 7.54. The molecule has 0 unspecified atom stereocenters. The summed E-state index contributed by atoms with van der Waals surface area (Å²) in [6, 6.07) is 7.76. The molecule has 4 rings (SSSR count). The first kappa shape index (κ1) is 20.1. The number of nitrogens with one attached hydrogen (secondary N) is 2. The van der Waals surface area contributed by atoms with Gasteiger partial charge in [0.25, 0.3) is 5.91 Å². The van der Waals surface area contributed by atoms with Gasteiger partial charge in [0.2, 0.25) is 5.82 Å². The minimum Gasteiger partial charge on any atom is -0.370 e. The molecule has 1 saturated carbocycles. The average molecular weight is 424 g/mol. The maximum absolute atomic E-state index is 12.8. The lowest BCUT2D eigenvalue weighted by Gasteiger charge is -2.30. The third-order valence-corrected chi connectivity index (χ3v) is 5.88. The molecule has 2 heterocycles. The van der Waals surface area contributed by atoms with Crippen LogP contribution in [0.25, 0.3) is 10.9 Å². The molecule has 156 valence electrons. The van der Waals surface area contributed by atoms with E-state index in [-0.39, 0.29) is 29.8 Å². The van der Waals surface area contributed by atoms with Crippen LogP contribution in [-0.4, -0.2) is 33.9 Å². The third kappa shape index (κ3) is 4.51. The van der Waals surface area contributed by atoms with Gasteiger partial charge in [0, 0.05) is 10.8 Å². The van der Waals surface area contributed by atoms with Crippen molar-refractivity contribution in [3.63, 3.8) is 0 Å². The second kappa shape index (κ2) is 8.66. The molecule has 1 amide bonds. The quantitative estimate of drug-likeness (QED) is 0.368. The molecule has 30 heavy (non-hydrogen) atoms. The zero-order valence-electron chi connectivity index (χ0n) is 16.8. The molecule has 8 nitrogen and oxygen atoms in total. The van der Waals surface area contributed by atoms with E-state index in [1.54, 1.807) is 0 Å². The Morgan fingerprint density at radius 1 is 1.20 bits per heavy atom. The number of aliphatic imine (C=N–C) groups is 1. The molecule has 3 aromatic rings. The number of carbonyl (C=O) groups is 1. The van der Waals surface area contributed by atoms with Crippen molar-refractivity contribution in [3.05, 3.63) is 46.4 Å². The number of nitrogens with two attached hydrogens (primary N) is 2. The summed E-state index contributed by atoms with van der Waals surface area (Å²) in [6.07, 6.45) is 4.00. The van der Waals surface area contributed by atoms with Crippen LogP contribution in [0.1, 0.15) is 41.9 Å². The average Bonchev–Trinajstić information content (AvgIpc) is 3.22. The fourth-order valence-corrected chi connectivity index (χ4v) is 4.37. The molecule has 2 atom stereocenters. The van der Waals surface area contributed by atoms with Crippen molar-refractivity contribution in [2.24, 2.45) is 16.5 Å². The van der Waals surface area contributed by atoms with E-state index >= 15 is 0 Å². The van der Waals surface area contributed by atoms with Gasteiger partial charge < -0.3 is 22.1 Å². The molecule has 2 aromatic heterocycles. The number of fused-ring (bicyclic) bond motifs is 1. The number of guanidine groups is 1. The number of rotatable bonds is 5. The molecule has 1 fully saturated rings. The van der Waals surface area contributed by atoms with E-state index in [9.17, 15) is 4.79 Å². The van der Waals surface area contributed by atoms with Crippen molar-refractivity contribution < 1.29 is 4.79 Å². The van der Waals surface area contributed by atoms with Gasteiger partial charge >= 0.3 is 0 Å². The minimum absolute atomic E-state index is 0.0262. The Balaban J connectivity index is 1.70. The molecular weight excluding hydrogens is 398 g/mol. The lowest BCUT2D eigenvalue weighted by molar-refractivity contribution is 0.101. The largest absolute Gasteiger partial charge is 0.370 e. The maximum atomic E-state index is 12.8. The lowest BCUT2D eigenvalue weighted by Crippen LogP contribution is -2.38. The van der Waals surface area contributed by atoms with E-state index in [1.165, 1.54) is 11.3 Å². The van der Waals surface area contributed by atoms with E-state index in [4.69, 9.17) is 11.5 Å². The number of aryl methyl sites for hydroxylation is 1. The fourth-order valence-electron chi connectivity index (χ4n) is 3.78. The van der Waals surface area contributed by atoms with Crippen LogP contribution in [0.15, 0.2) is 40.0 Å². The predicted molar refractivity (Wildman–Crippen MR) is 122 cm³/mol. The molecule has 0 spiro atoms. The number of benzene rings is 1. The summed E-state index contributed by atoms with van der Waals surface area (Å²) in [5.41, 5.74) is 13.8. The molecule has 1 aliphatic carbocycles. The highest BCUT2D eigenvalue weighted by molar-refractivity contribution is 7.08. The summed E-state index contributed by atoms with van der Waals surface area (Å²) < 4.78 is 0. The van der Waals surface area contributed by atoms with E-state index in [0.29, 0.717) is 11.3 Å². The number of amides is 1. The Kier molecular flexibility index (Phi) is 5.80. The first-order chi connectivity index (χ1) is 14.5. The van der Waals surface area contributed by atoms with Gasteiger partial charge in [0.15, 0.2) is 5.96 Å². The van der Waals surface area contributed by atoms with Crippen LogP contribution < -0.4 is 22.1 Å². The van der Waals surface area contributed by atoms with Crippen molar-refractivity contribution in [2.45, 2.75) is 44.7 Å². The van der Waals surface area contributed by atoms with Crippen molar-refractivity contribution >= 4 is 45.6 Å². The van der Waals surface area contributed by atoms with Crippen LogP contribution in [0.4, 0.5) is 11.5 Å². The predicted octanol–water partition coefficient (Wildman–Crippen LogP) is 3.25. The molecule has 1 aromatic carbocycles. The van der Waals surface area contributed by atoms with Gasteiger partial charge in [0.1, 0.15) is 5.82 Å². The van der Waals surface area contributed by atoms with Gasteiger partial charge in [-0.25, -0.2) is 15.0 Å². The highest BCUT2D eigenvalue weighted by Gasteiger charge is 2.26. The van der Waals surface area contributed by atoms with Gasteiger partial charge in [-0.05, 0) is 43.3 Å². The van der Waals surface area contributed by atoms with Crippen LogP contribution in [0, 0.1) is 6.92 Å². The van der Waals surface area contributed by atoms with Crippen molar-refractivity contribution in [3.8, 4) is 0 Å². The van der Waals surface area contributed by atoms with E-state index < -0.39 is 0 Å². The van der Waals surface area contributed by atoms with E-state index in [0.717, 1.165) is 42.3 Å². The standard InChI is InChI=1S/C21H25N7OS/c1-12-6-7-15-14(10-12)18(26-16-4-2-3-5-17(16)27-21(22)23)28-19(25-15)20(29)24-13-8-9-30-11-13/h6-11,16-17H,2-5H2,1H3,(H,24,29)(H4,22,23,27)(H,25,26,28)/t16-,17+/m0/s1. The molecular formula is C21H25N7OS. The number of nitrogens with zero attached hydrogens (tertiary/aromatic N) is 3. The summed E-state index contributed by atoms with van der Waals surface area (Å²) in [5.74, 6) is 0.493. The Morgan fingerprint density at radius 2 is 2.03 bits per heavy atom. The fraction of sp³-hybridized carbons (Fsp3) is 0.333. The van der Waals surface area contributed by atoms with Gasteiger partial charge in [-0.15, -0.1) is 0 Å². The monoisotopic (exact) mass is 423 g/mol. The Morgan fingerprint density at radius 3 is 2.80 bits per heavy atom. The molecule has 0 bridgehead atoms. The normalized spacial score (nSPS) is 18.7. The van der Waals surface area contributed by atoms with Gasteiger partial charge in [0.05, 0.1) is 23.3 Å². The summed E-state index contributed by atoms with van der Waals surface area (Å²) in [5, 5.41) is 11.0. The third-order valence-electron chi connectivity index (χ3n) is 5.20. The van der Waals surface area contributed by atoms with Crippen LogP contribution >= 0.6 is 11.3 Å². The van der Waals surface area contributed by atoms with Crippen molar-refractivity contribution in [2.75, 3.05) is 10.6 Å². The highest BCUT2D eigenvalue weighted by Crippen LogP contribution is 2.28. The highest BCUT2D eigenvalue weighted by atomic mass is 32.1. The number of thiophene rings is 1. The molecule has 1 aliphatic rings. The molecule has 0 aliphatic heterocycles. The van der Waals surface area contributed by atoms with E-state index in [2.05, 4.69) is 25.6 Å². The minimum atomic E-state index is -0.344. The molecule has 0 radical (unpaired) electrons. The number of anilines is 2. The van der Waals surface area contributed by atoms with Crippen LogP contribution in [0.3, 0.4) is 0 Å². The number of carbonyl (C=O) groups excluding carboxylic acids is 1. The zero-order valence-corrected chi connectivity index (χ0v) is 17.6. The topological polar surface area (TPSA) is 131 Å². The van der Waals surface area contributed by atoms with Gasteiger partial charge in [-0.2, -0.15) is 11.3 Å². The van der Waals surface area contributed by atoms with Gasteiger partial charge in [-0.3, -0.25) is 4.79 Å². The van der Waals surface area contributed by atoms with E-state index in [1.807, 2.05) is 41.9 Å². The summed E-state index contributed by atoms with van der Waals surface area (Å²) >= 11 is 1.51. The number of hydrogen-bond donors (Lipinski definition) is 4. The summed E-state index contributed by atoms with van der Waals surface area (Å²) in [7, 11) is 0. The lowest BCUT2D eigenvalue weighted by atomic mass is 9.90. The Bertz CT molecular complexity index is 1080. The van der Waals surface area contributed by atoms with Crippen LogP contribution in [0.5, 0.6) is 0 Å². The molecule has 0 saturated heterocycles. The van der Waals surface area contributed by atoms with Crippen molar-refractivity contribution in [1.29, 1.82) is 0 Å². The smallest absolute Gasteiger partial charge is 0.293 e.